The van der Waals surface area contributed by atoms with Gasteiger partial charge in [-0.3, -0.25) is 9.59 Å². The maximum atomic E-state index is 12.5. The minimum Gasteiger partial charge on any atom is -0.466 e. The first kappa shape index (κ1) is 72.3. The van der Waals surface area contributed by atoms with Crippen LogP contribution in [-0.4, -0.2) is 47.4 Å². The van der Waals surface area contributed by atoms with Gasteiger partial charge < -0.3 is 20.3 Å². The fourth-order valence-electron chi connectivity index (χ4n) is 10.6. The van der Waals surface area contributed by atoms with Crippen LogP contribution in [0.15, 0.2) is 24.3 Å². The molecule has 6 heteroatoms. The number of nitrogens with one attached hydrogen (secondary N) is 1. The van der Waals surface area contributed by atoms with Crippen molar-refractivity contribution in [2.45, 2.75) is 386 Å². The lowest BCUT2D eigenvalue weighted by Crippen LogP contribution is -2.45. The number of esters is 1. The van der Waals surface area contributed by atoms with Crippen molar-refractivity contribution in [3.05, 3.63) is 24.3 Å². The Morgan fingerprint density at radius 1 is 0.378 bits per heavy atom. The average molecular weight is 1040 g/mol. The van der Waals surface area contributed by atoms with Gasteiger partial charge in [0.2, 0.25) is 5.91 Å². The van der Waals surface area contributed by atoms with E-state index in [1.807, 2.05) is 0 Å². The molecule has 0 fully saturated rings. The number of hydrogen-bond acceptors (Lipinski definition) is 5. The number of carbonyl (C=O) groups excluding carboxylic acids is 2. The lowest BCUT2D eigenvalue weighted by Gasteiger charge is -2.22. The molecule has 1 amide bonds. The van der Waals surface area contributed by atoms with Crippen LogP contribution < -0.4 is 5.32 Å². The van der Waals surface area contributed by atoms with Gasteiger partial charge in [-0.2, -0.15) is 0 Å². The zero-order valence-corrected chi connectivity index (χ0v) is 50.1. The summed E-state index contributed by atoms with van der Waals surface area (Å²) in [4.78, 5) is 24.5. The summed E-state index contributed by atoms with van der Waals surface area (Å²) >= 11 is 0. The second-order valence-corrected chi connectivity index (χ2v) is 23.2. The molecule has 0 aliphatic carbocycles. The van der Waals surface area contributed by atoms with Gasteiger partial charge in [0.25, 0.3) is 0 Å². The lowest BCUT2D eigenvalue weighted by molar-refractivity contribution is -0.143. The summed E-state index contributed by atoms with van der Waals surface area (Å²) in [6.45, 7) is 4.97. The maximum absolute atomic E-state index is 12.5. The summed E-state index contributed by atoms with van der Waals surface area (Å²) in [6, 6.07) is -0.547. The second kappa shape index (κ2) is 63.9. The van der Waals surface area contributed by atoms with E-state index in [4.69, 9.17) is 4.74 Å². The monoisotopic (exact) mass is 1040 g/mol. The lowest BCUT2D eigenvalue weighted by atomic mass is 10.0. The molecule has 438 valence electrons. The van der Waals surface area contributed by atoms with Gasteiger partial charge in [0.05, 0.1) is 25.4 Å². The number of amides is 1. The number of carbonyl (C=O) groups is 2. The molecule has 3 N–H and O–H groups in total. The SMILES string of the molecule is CCCCCCCCCCCCCCCCCCCCCCCC(O)C(CO)NC(=O)CCCCCCCCCCC/C=C\C/C=C\CCCCCCCCCCCOC(=O)CCCCCCCCCCCCC. The first-order valence-corrected chi connectivity index (χ1v) is 33.6. The Labute approximate surface area is 462 Å². The number of hydrogen-bond donors (Lipinski definition) is 3. The zero-order valence-electron chi connectivity index (χ0n) is 50.1. The quantitative estimate of drug-likeness (QED) is 0.0320. The van der Waals surface area contributed by atoms with E-state index >= 15 is 0 Å². The molecule has 0 aliphatic heterocycles. The Morgan fingerprint density at radius 2 is 0.676 bits per heavy atom. The first-order chi connectivity index (χ1) is 36.5. The number of allylic oxidation sites excluding steroid dienone is 4. The summed E-state index contributed by atoms with van der Waals surface area (Å²) in [5.41, 5.74) is 0. The molecular formula is C68H131NO5. The van der Waals surface area contributed by atoms with Crippen LogP contribution in [0, 0.1) is 0 Å². The molecule has 0 aromatic heterocycles. The predicted molar refractivity (Wildman–Crippen MR) is 324 cm³/mol. The highest BCUT2D eigenvalue weighted by molar-refractivity contribution is 5.76. The van der Waals surface area contributed by atoms with E-state index in [0.717, 1.165) is 44.9 Å². The van der Waals surface area contributed by atoms with Gasteiger partial charge in [0.1, 0.15) is 0 Å². The van der Waals surface area contributed by atoms with E-state index in [1.165, 1.54) is 295 Å². The third-order valence-electron chi connectivity index (χ3n) is 15.8. The Kier molecular flexibility index (Phi) is 62.4. The molecule has 0 saturated heterocycles. The van der Waals surface area contributed by atoms with E-state index < -0.39 is 12.1 Å². The highest BCUT2D eigenvalue weighted by Crippen LogP contribution is 2.18. The average Bonchev–Trinajstić information content (AvgIpc) is 3.40. The van der Waals surface area contributed by atoms with Crippen LogP contribution in [0.1, 0.15) is 373 Å². The molecule has 0 rings (SSSR count). The van der Waals surface area contributed by atoms with Crippen molar-refractivity contribution in [2.75, 3.05) is 13.2 Å². The Hall–Kier alpha value is -1.66. The highest BCUT2D eigenvalue weighted by Gasteiger charge is 2.20. The molecular weight excluding hydrogens is 911 g/mol. The van der Waals surface area contributed by atoms with Gasteiger partial charge in [-0.05, 0) is 57.8 Å². The van der Waals surface area contributed by atoms with Gasteiger partial charge in [-0.1, -0.05) is 327 Å². The van der Waals surface area contributed by atoms with Crippen LogP contribution >= 0.6 is 0 Å². The Bertz CT molecular complexity index is 1150. The van der Waals surface area contributed by atoms with E-state index in [9.17, 15) is 19.8 Å². The summed E-state index contributed by atoms with van der Waals surface area (Å²) in [6.07, 6.45) is 79.2. The fourth-order valence-corrected chi connectivity index (χ4v) is 10.6. The van der Waals surface area contributed by atoms with Crippen molar-refractivity contribution in [1.82, 2.24) is 5.32 Å². The molecule has 6 nitrogen and oxygen atoms in total. The predicted octanol–water partition coefficient (Wildman–Crippen LogP) is 21.4. The smallest absolute Gasteiger partial charge is 0.305 e. The molecule has 0 aromatic rings. The minimum absolute atomic E-state index is 0.00931. The van der Waals surface area contributed by atoms with Crippen molar-refractivity contribution in [1.29, 1.82) is 0 Å². The van der Waals surface area contributed by atoms with Crippen molar-refractivity contribution in [3.63, 3.8) is 0 Å². The molecule has 2 atom stereocenters. The van der Waals surface area contributed by atoms with Gasteiger partial charge in [0, 0.05) is 12.8 Å². The maximum Gasteiger partial charge on any atom is 0.305 e. The molecule has 0 bridgehead atoms. The Morgan fingerprint density at radius 3 is 1.03 bits per heavy atom. The van der Waals surface area contributed by atoms with E-state index in [2.05, 4.69) is 43.5 Å². The summed E-state index contributed by atoms with van der Waals surface area (Å²) in [5.74, 6) is -0.0278. The van der Waals surface area contributed by atoms with Crippen molar-refractivity contribution in [2.24, 2.45) is 0 Å². The molecule has 0 spiro atoms. The second-order valence-electron chi connectivity index (χ2n) is 23.2. The van der Waals surface area contributed by atoms with E-state index in [-0.39, 0.29) is 18.5 Å². The van der Waals surface area contributed by atoms with Crippen LogP contribution in [-0.2, 0) is 14.3 Å². The number of aliphatic hydroxyl groups excluding tert-OH is 2. The molecule has 0 aliphatic rings. The van der Waals surface area contributed by atoms with Crippen LogP contribution in [0.25, 0.3) is 0 Å². The van der Waals surface area contributed by atoms with E-state index in [0.29, 0.717) is 25.9 Å². The van der Waals surface area contributed by atoms with Crippen LogP contribution in [0.2, 0.25) is 0 Å². The summed E-state index contributed by atoms with van der Waals surface area (Å²) < 4.78 is 5.47. The van der Waals surface area contributed by atoms with Crippen LogP contribution in [0.3, 0.4) is 0 Å². The summed E-state index contributed by atoms with van der Waals surface area (Å²) in [7, 11) is 0. The van der Waals surface area contributed by atoms with Crippen LogP contribution in [0.5, 0.6) is 0 Å². The zero-order chi connectivity index (χ0) is 53.6. The van der Waals surface area contributed by atoms with Gasteiger partial charge in [0.15, 0.2) is 0 Å². The molecule has 0 aromatic carbocycles. The molecule has 0 radical (unpaired) electrons. The van der Waals surface area contributed by atoms with Gasteiger partial charge in [-0.25, -0.2) is 0 Å². The topological polar surface area (TPSA) is 95.9 Å². The normalized spacial score (nSPS) is 12.6. The largest absolute Gasteiger partial charge is 0.466 e. The van der Waals surface area contributed by atoms with Crippen molar-refractivity contribution in [3.8, 4) is 0 Å². The first-order valence-electron chi connectivity index (χ1n) is 33.6. The summed E-state index contributed by atoms with van der Waals surface area (Å²) in [5, 5.41) is 23.4. The third kappa shape index (κ3) is 59.6. The molecule has 74 heavy (non-hydrogen) atoms. The van der Waals surface area contributed by atoms with Gasteiger partial charge >= 0.3 is 5.97 Å². The van der Waals surface area contributed by atoms with Gasteiger partial charge in [-0.15, -0.1) is 0 Å². The standard InChI is InChI=1S/C68H131NO5/c1-3-5-7-9-11-13-15-16-17-18-19-25-28-31-34-37-41-44-48-52-56-60-66(71)65(64-70)69-67(72)61-57-53-49-45-42-38-35-32-29-26-23-21-20-22-24-27-30-33-36-39-43-47-51-55-59-63-74-68(73)62-58-54-50-46-40-14-12-10-8-6-4-2/h21-24,65-66,70-71H,3-20,25-64H2,1-2H3,(H,69,72)/b23-21-,24-22-. The minimum atomic E-state index is -0.669. The number of rotatable bonds is 63. The van der Waals surface area contributed by atoms with Crippen molar-refractivity contribution >= 4 is 11.9 Å². The fraction of sp³-hybridized carbons (Fsp3) is 0.912. The molecule has 0 heterocycles. The van der Waals surface area contributed by atoms with Crippen LogP contribution in [0.4, 0.5) is 0 Å². The van der Waals surface area contributed by atoms with E-state index in [1.54, 1.807) is 0 Å². The molecule has 2 unspecified atom stereocenters. The number of unbranched alkanes of at least 4 members (excludes halogenated alkanes) is 48. The van der Waals surface area contributed by atoms with Crippen molar-refractivity contribution < 1.29 is 24.5 Å². The highest BCUT2D eigenvalue weighted by atomic mass is 16.5. The molecule has 0 saturated carbocycles. The number of ether oxygens (including phenoxy) is 1. The number of aliphatic hydroxyl groups is 2. The Balaban J connectivity index is 3.43. The third-order valence-corrected chi connectivity index (χ3v) is 15.8.